The lowest BCUT2D eigenvalue weighted by molar-refractivity contribution is -0.122. The fourth-order valence-corrected chi connectivity index (χ4v) is 3.41. The second-order valence-electron chi connectivity index (χ2n) is 4.85. The first-order chi connectivity index (χ1) is 11.0. The Labute approximate surface area is 147 Å². The average molecular weight is 397 g/mol. The fraction of sp³-hybridized carbons (Fsp3) is 0.250. The van der Waals surface area contributed by atoms with Gasteiger partial charge < -0.3 is 15.8 Å². The number of nitrogens with two attached hydrogens (primary N) is 1. The van der Waals surface area contributed by atoms with Crippen molar-refractivity contribution in [1.29, 1.82) is 0 Å². The topological polar surface area (TPSA) is 81.4 Å². The Morgan fingerprint density at radius 3 is 2.52 bits per heavy atom. The largest absolute Gasteiger partial charge is 0.465 e. The predicted molar refractivity (Wildman–Crippen MR) is 93.4 cm³/mol. The summed E-state index contributed by atoms with van der Waals surface area (Å²) in [5.74, 6) is -0.566. The molecule has 1 amide bonds. The van der Waals surface area contributed by atoms with Gasteiger partial charge in [-0.1, -0.05) is 12.1 Å². The molecule has 7 heteroatoms. The summed E-state index contributed by atoms with van der Waals surface area (Å²) in [7, 11) is 1.35. The van der Waals surface area contributed by atoms with Gasteiger partial charge in [0.25, 0.3) is 0 Å². The van der Waals surface area contributed by atoms with E-state index in [2.05, 4.69) is 26.0 Å². The summed E-state index contributed by atoms with van der Waals surface area (Å²) in [6.45, 7) is 0.483. The Kier molecular flexibility index (Phi) is 6.32. The van der Waals surface area contributed by atoms with E-state index in [1.165, 1.54) is 18.4 Å². The molecular weight excluding hydrogens is 380 g/mol. The quantitative estimate of drug-likeness (QED) is 0.735. The molecule has 0 aliphatic carbocycles. The van der Waals surface area contributed by atoms with E-state index in [-0.39, 0.29) is 11.9 Å². The smallest absolute Gasteiger partial charge is 0.337 e. The van der Waals surface area contributed by atoms with E-state index in [1.807, 2.05) is 24.3 Å². The van der Waals surface area contributed by atoms with Crippen LogP contribution in [-0.2, 0) is 16.0 Å². The maximum Gasteiger partial charge on any atom is 0.337 e. The molecule has 2 aromatic rings. The second-order valence-corrected chi connectivity index (χ2v) is 7.34. The molecule has 1 unspecified atom stereocenters. The molecule has 0 radical (unpaired) electrons. The highest BCUT2D eigenvalue weighted by molar-refractivity contribution is 9.11. The molecule has 0 aliphatic rings. The zero-order valence-electron chi connectivity index (χ0n) is 12.5. The Bertz CT molecular complexity index is 685. The summed E-state index contributed by atoms with van der Waals surface area (Å²) in [6, 6.07) is 10.1. The average Bonchev–Trinajstić information content (AvgIpc) is 3.00. The molecule has 1 heterocycles. The molecule has 2 rings (SSSR count). The van der Waals surface area contributed by atoms with E-state index >= 15 is 0 Å². The van der Waals surface area contributed by atoms with Crippen molar-refractivity contribution >= 4 is 39.1 Å². The minimum Gasteiger partial charge on any atom is -0.465 e. The second kappa shape index (κ2) is 8.24. The normalized spacial score (nSPS) is 11.8. The van der Waals surface area contributed by atoms with Gasteiger partial charge in [-0.05, 0) is 52.2 Å². The van der Waals surface area contributed by atoms with Gasteiger partial charge in [-0.15, -0.1) is 11.3 Å². The molecule has 0 aliphatic heterocycles. The third-order valence-corrected chi connectivity index (χ3v) is 4.98. The number of thiophene rings is 1. The maximum absolute atomic E-state index is 12.0. The van der Waals surface area contributed by atoms with Crippen LogP contribution in [0.5, 0.6) is 0 Å². The van der Waals surface area contributed by atoms with Crippen LogP contribution in [0.25, 0.3) is 0 Å². The molecular formula is C16H17BrN2O3S. The lowest BCUT2D eigenvalue weighted by atomic mass is 10.1. The minimum absolute atomic E-state index is 0.203. The van der Waals surface area contributed by atoms with Crippen molar-refractivity contribution in [1.82, 2.24) is 5.32 Å². The van der Waals surface area contributed by atoms with Crippen LogP contribution in [0.1, 0.15) is 26.8 Å². The van der Waals surface area contributed by atoms with Gasteiger partial charge in [-0.3, -0.25) is 4.79 Å². The Hall–Kier alpha value is -1.70. The van der Waals surface area contributed by atoms with Crippen LogP contribution in [0.4, 0.5) is 0 Å². The van der Waals surface area contributed by atoms with Crippen molar-refractivity contribution in [3.05, 3.63) is 56.2 Å². The van der Waals surface area contributed by atoms with Crippen LogP contribution >= 0.6 is 27.3 Å². The van der Waals surface area contributed by atoms with Crippen molar-refractivity contribution in [3.8, 4) is 0 Å². The first-order valence-electron chi connectivity index (χ1n) is 6.97. The molecule has 1 aromatic heterocycles. The van der Waals surface area contributed by atoms with E-state index in [0.717, 1.165) is 14.2 Å². The number of hydrogen-bond acceptors (Lipinski definition) is 5. The molecule has 0 bridgehead atoms. The summed E-state index contributed by atoms with van der Waals surface area (Å²) in [5.41, 5.74) is 7.45. The molecule has 0 fully saturated rings. The van der Waals surface area contributed by atoms with E-state index in [4.69, 9.17) is 5.73 Å². The predicted octanol–water partition coefficient (Wildman–Crippen LogP) is 2.66. The summed E-state index contributed by atoms with van der Waals surface area (Å²) < 4.78 is 5.59. The lowest BCUT2D eigenvalue weighted by Crippen LogP contribution is -2.34. The third kappa shape index (κ3) is 4.89. The van der Waals surface area contributed by atoms with Crippen LogP contribution < -0.4 is 11.1 Å². The number of amides is 1. The van der Waals surface area contributed by atoms with Crippen LogP contribution in [0.15, 0.2) is 40.2 Å². The van der Waals surface area contributed by atoms with Gasteiger partial charge in [0, 0.05) is 11.4 Å². The number of rotatable bonds is 6. The van der Waals surface area contributed by atoms with Crippen LogP contribution in [0.2, 0.25) is 0 Å². The molecule has 1 aromatic carbocycles. The Balaban J connectivity index is 1.82. The zero-order chi connectivity index (χ0) is 16.8. The van der Waals surface area contributed by atoms with Gasteiger partial charge >= 0.3 is 5.97 Å². The Morgan fingerprint density at radius 1 is 1.26 bits per heavy atom. The van der Waals surface area contributed by atoms with Gasteiger partial charge in [0.15, 0.2) is 0 Å². The zero-order valence-corrected chi connectivity index (χ0v) is 14.9. The molecule has 0 spiro atoms. The number of ether oxygens (including phenoxy) is 1. The van der Waals surface area contributed by atoms with Crippen LogP contribution in [0, 0.1) is 0 Å². The molecule has 122 valence electrons. The number of nitrogens with one attached hydrogen (secondary N) is 1. The fourth-order valence-electron chi connectivity index (χ4n) is 1.99. The van der Waals surface area contributed by atoms with Crippen molar-refractivity contribution in [3.63, 3.8) is 0 Å². The van der Waals surface area contributed by atoms with Gasteiger partial charge in [-0.2, -0.15) is 0 Å². The highest BCUT2D eigenvalue weighted by atomic mass is 79.9. The standard InChI is InChI=1S/C16H17BrN2O3S/c1-22-16(21)11-4-2-10(3-5-11)8-9-19-15(20)14(18)12-6-7-13(17)23-12/h2-7,14H,8-9,18H2,1H3,(H,19,20). The SMILES string of the molecule is COC(=O)c1ccc(CCNC(=O)C(N)c2ccc(Br)s2)cc1. The summed E-state index contributed by atoms with van der Waals surface area (Å²) in [5, 5.41) is 2.82. The monoisotopic (exact) mass is 396 g/mol. The number of carbonyl (C=O) groups excluding carboxylic acids is 2. The third-order valence-electron chi connectivity index (χ3n) is 3.27. The van der Waals surface area contributed by atoms with Crippen LogP contribution in [-0.4, -0.2) is 25.5 Å². The van der Waals surface area contributed by atoms with Crippen molar-refractivity contribution in [2.24, 2.45) is 5.73 Å². The first kappa shape index (κ1) is 17.7. The van der Waals surface area contributed by atoms with Crippen molar-refractivity contribution < 1.29 is 14.3 Å². The molecule has 1 atom stereocenters. The first-order valence-corrected chi connectivity index (χ1v) is 8.58. The molecule has 23 heavy (non-hydrogen) atoms. The highest BCUT2D eigenvalue weighted by Gasteiger charge is 2.17. The van der Waals surface area contributed by atoms with Gasteiger partial charge in [0.05, 0.1) is 16.5 Å². The highest BCUT2D eigenvalue weighted by Crippen LogP contribution is 2.26. The maximum atomic E-state index is 12.0. The molecule has 0 saturated heterocycles. The van der Waals surface area contributed by atoms with E-state index in [9.17, 15) is 9.59 Å². The summed E-state index contributed by atoms with van der Waals surface area (Å²) in [6.07, 6.45) is 0.661. The molecule has 0 saturated carbocycles. The summed E-state index contributed by atoms with van der Waals surface area (Å²) >= 11 is 4.80. The number of esters is 1. The van der Waals surface area contributed by atoms with E-state index in [0.29, 0.717) is 18.5 Å². The van der Waals surface area contributed by atoms with Crippen molar-refractivity contribution in [2.45, 2.75) is 12.5 Å². The Morgan fingerprint density at radius 2 is 1.96 bits per heavy atom. The number of hydrogen-bond donors (Lipinski definition) is 2. The lowest BCUT2D eigenvalue weighted by Gasteiger charge is -2.10. The van der Waals surface area contributed by atoms with Crippen molar-refractivity contribution in [2.75, 3.05) is 13.7 Å². The number of benzene rings is 1. The number of halogens is 1. The molecule has 5 nitrogen and oxygen atoms in total. The number of carbonyl (C=O) groups is 2. The van der Waals surface area contributed by atoms with Gasteiger partial charge in [0.2, 0.25) is 5.91 Å². The van der Waals surface area contributed by atoms with Gasteiger partial charge in [-0.25, -0.2) is 4.79 Å². The van der Waals surface area contributed by atoms with E-state index < -0.39 is 6.04 Å². The summed E-state index contributed by atoms with van der Waals surface area (Å²) in [4.78, 5) is 24.2. The van der Waals surface area contributed by atoms with Gasteiger partial charge in [0.1, 0.15) is 6.04 Å². The number of methoxy groups -OCH3 is 1. The molecule has 3 N–H and O–H groups in total. The minimum atomic E-state index is -0.659. The van der Waals surface area contributed by atoms with E-state index in [1.54, 1.807) is 12.1 Å². The van der Waals surface area contributed by atoms with Crippen LogP contribution in [0.3, 0.4) is 0 Å².